The van der Waals surface area contributed by atoms with Crippen LogP contribution in [-0.2, 0) is 16.6 Å². The van der Waals surface area contributed by atoms with Gasteiger partial charge in [0.25, 0.3) is 0 Å². The fourth-order valence-corrected chi connectivity index (χ4v) is 6.45. The summed E-state index contributed by atoms with van der Waals surface area (Å²) in [7, 11) is -3.57. The van der Waals surface area contributed by atoms with Crippen LogP contribution in [-0.4, -0.2) is 43.8 Å². The molecule has 6 nitrogen and oxygen atoms in total. The lowest BCUT2D eigenvalue weighted by atomic mass is 9.95. The first-order valence-corrected chi connectivity index (χ1v) is 13.4. The zero-order valence-corrected chi connectivity index (χ0v) is 21.1. The summed E-state index contributed by atoms with van der Waals surface area (Å²) in [4.78, 5) is 14.8. The highest BCUT2D eigenvalue weighted by atomic mass is 32.2. The Morgan fingerprint density at radius 3 is 2.34 bits per heavy atom. The van der Waals surface area contributed by atoms with Gasteiger partial charge in [0.1, 0.15) is 5.58 Å². The molecular formula is C28H30N2O4S. The number of hydrogen-bond acceptors (Lipinski definition) is 5. The maximum absolute atomic E-state index is 13.3. The van der Waals surface area contributed by atoms with Crippen LogP contribution in [0.4, 0.5) is 0 Å². The second-order valence-corrected chi connectivity index (χ2v) is 11.6. The summed E-state index contributed by atoms with van der Waals surface area (Å²) < 4.78 is 33.7. The lowest BCUT2D eigenvalue weighted by Crippen LogP contribution is -2.48. The Morgan fingerprint density at radius 2 is 1.63 bits per heavy atom. The van der Waals surface area contributed by atoms with Gasteiger partial charge in [-0.3, -0.25) is 4.90 Å². The molecule has 7 heteroatoms. The van der Waals surface area contributed by atoms with E-state index in [1.807, 2.05) is 43.3 Å². The Morgan fingerprint density at radius 1 is 0.914 bits per heavy atom. The third kappa shape index (κ3) is 4.63. The second-order valence-electron chi connectivity index (χ2n) is 9.64. The van der Waals surface area contributed by atoms with Crippen LogP contribution in [0.2, 0.25) is 0 Å². The molecule has 0 spiro atoms. The summed E-state index contributed by atoms with van der Waals surface area (Å²) >= 11 is 0. The minimum atomic E-state index is -3.57. The van der Waals surface area contributed by atoms with E-state index in [9.17, 15) is 13.2 Å². The molecule has 4 aromatic rings. The number of piperazine rings is 1. The van der Waals surface area contributed by atoms with E-state index in [1.165, 1.54) is 5.56 Å². The van der Waals surface area contributed by atoms with Gasteiger partial charge < -0.3 is 4.42 Å². The number of sulfonamides is 1. The van der Waals surface area contributed by atoms with E-state index in [2.05, 4.69) is 24.8 Å². The summed E-state index contributed by atoms with van der Waals surface area (Å²) in [5, 5.41) is 2.88. The zero-order chi connectivity index (χ0) is 24.7. The molecule has 0 N–H and O–H groups in total. The highest BCUT2D eigenvalue weighted by Crippen LogP contribution is 2.28. The van der Waals surface area contributed by atoms with Gasteiger partial charge in [0.2, 0.25) is 10.0 Å². The molecule has 0 amide bonds. The smallest absolute Gasteiger partial charge is 0.336 e. The summed E-state index contributed by atoms with van der Waals surface area (Å²) in [5.74, 6) is 0.364. The molecule has 35 heavy (non-hydrogen) atoms. The molecule has 182 valence electrons. The SMILES string of the molecule is Cc1cc2oc(=O)cc(CN3CCN(S(=O)(=O)c4ccc5ccccc5c4)CC3)c2cc1C(C)C. The van der Waals surface area contributed by atoms with Gasteiger partial charge in [-0.25, -0.2) is 13.2 Å². The minimum Gasteiger partial charge on any atom is -0.423 e. The molecule has 0 unspecified atom stereocenters. The van der Waals surface area contributed by atoms with Crippen LogP contribution < -0.4 is 5.63 Å². The molecule has 1 saturated heterocycles. The third-order valence-electron chi connectivity index (χ3n) is 6.92. The van der Waals surface area contributed by atoms with Gasteiger partial charge in [0.15, 0.2) is 0 Å². The number of aryl methyl sites for hydroxylation is 1. The fraction of sp³-hybridized carbons (Fsp3) is 0.321. The normalized spacial score (nSPS) is 15.9. The number of fused-ring (bicyclic) bond motifs is 2. The van der Waals surface area contributed by atoms with Gasteiger partial charge in [0.05, 0.1) is 4.90 Å². The Balaban J connectivity index is 1.35. The molecule has 2 heterocycles. The van der Waals surface area contributed by atoms with Crippen molar-refractivity contribution in [1.82, 2.24) is 9.21 Å². The molecule has 1 fully saturated rings. The van der Waals surface area contributed by atoms with E-state index >= 15 is 0 Å². The Kier molecular flexibility index (Phi) is 6.25. The first kappa shape index (κ1) is 23.7. The highest BCUT2D eigenvalue weighted by Gasteiger charge is 2.29. The average molecular weight is 491 g/mol. The number of nitrogens with zero attached hydrogens (tertiary/aromatic N) is 2. The van der Waals surface area contributed by atoms with Gasteiger partial charge in [-0.15, -0.1) is 0 Å². The van der Waals surface area contributed by atoms with E-state index in [-0.39, 0.29) is 5.63 Å². The standard InChI is InChI=1S/C28H30N2O4S/c1-19(2)25-17-26-23(16-28(31)34-27(26)14-20(25)3)18-29-10-12-30(13-11-29)35(32,33)24-9-8-21-6-4-5-7-22(21)15-24/h4-9,14-17,19H,10-13,18H2,1-3H3. The van der Waals surface area contributed by atoms with E-state index < -0.39 is 10.0 Å². The average Bonchev–Trinajstić information content (AvgIpc) is 2.83. The van der Waals surface area contributed by atoms with Crippen molar-refractivity contribution in [3.05, 3.63) is 87.8 Å². The summed E-state index contributed by atoms with van der Waals surface area (Å²) in [6, 6.07) is 18.7. The lowest BCUT2D eigenvalue weighted by Gasteiger charge is -2.34. The van der Waals surface area contributed by atoms with Gasteiger partial charge in [-0.05, 0) is 64.6 Å². The van der Waals surface area contributed by atoms with Crippen LogP contribution in [0.3, 0.4) is 0 Å². The molecule has 3 aromatic carbocycles. The van der Waals surface area contributed by atoms with Crippen molar-refractivity contribution >= 4 is 31.8 Å². The van der Waals surface area contributed by atoms with Gasteiger partial charge in [-0.1, -0.05) is 44.2 Å². The second kappa shape index (κ2) is 9.22. The van der Waals surface area contributed by atoms with E-state index in [1.54, 1.807) is 22.5 Å². The summed E-state index contributed by atoms with van der Waals surface area (Å²) in [6.07, 6.45) is 0. The maximum atomic E-state index is 13.3. The van der Waals surface area contributed by atoms with E-state index in [0.717, 1.165) is 27.3 Å². The molecule has 0 saturated carbocycles. The van der Waals surface area contributed by atoms with Crippen LogP contribution in [0.25, 0.3) is 21.7 Å². The molecule has 0 aliphatic carbocycles. The largest absolute Gasteiger partial charge is 0.423 e. The summed E-state index contributed by atoms with van der Waals surface area (Å²) in [5.41, 5.74) is 3.51. The molecule has 0 bridgehead atoms. The first-order chi connectivity index (χ1) is 16.7. The Hall–Kier alpha value is -3.00. The molecular weight excluding hydrogens is 460 g/mol. The van der Waals surface area contributed by atoms with Crippen LogP contribution >= 0.6 is 0 Å². The Bertz CT molecular complexity index is 1570. The lowest BCUT2D eigenvalue weighted by molar-refractivity contribution is 0.182. The van der Waals surface area contributed by atoms with Gasteiger partial charge in [-0.2, -0.15) is 4.31 Å². The van der Waals surface area contributed by atoms with E-state index in [4.69, 9.17) is 4.42 Å². The predicted octanol–water partition coefficient (Wildman–Crippen LogP) is 4.88. The van der Waals surface area contributed by atoms with Crippen molar-refractivity contribution in [2.24, 2.45) is 0 Å². The number of rotatable bonds is 5. The van der Waals surface area contributed by atoms with Gasteiger partial charge >= 0.3 is 5.63 Å². The molecule has 1 aliphatic heterocycles. The highest BCUT2D eigenvalue weighted by molar-refractivity contribution is 7.89. The first-order valence-electron chi connectivity index (χ1n) is 12.0. The molecule has 0 atom stereocenters. The maximum Gasteiger partial charge on any atom is 0.336 e. The van der Waals surface area contributed by atoms with Crippen molar-refractivity contribution in [2.75, 3.05) is 26.2 Å². The predicted molar refractivity (Wildman–Crippen MR) is 139 cm³/mol. The van der Waals surface area contributed by atoms with Crippen molar-refractivity contribution in [3.63, 3.8) is 0 Å². The van der Waals surface area contributed by atoms with Crippen LogP contribution in [0.1, 0.15) is 36.5 Å². The van der Waals surface area contributed by atoms with Crippen molar-refractivity contribution in [3.8, 4) is 0 Å². The van der Waals surface area contributed by atoms with Crippen LogP contribution in [0.15, 0.2) is 74.8 Å². The third-order valence-corrected chi connectivity index (χ3v) is 8.82. The topological polar surface area (TPSA) is 70.8 Å². The molecule has 1 aliphatic rings. The summed E-state index contributed by atoms with van der Waals surface area (Å²) in [6.45, 7) is 8.93. The monoisotopic (exact) mass is 490 g/mol. The molecule has 0 radical (unpaired) electrons. The van der Waals surface area contributed by atoms with Crippen molar-refractivity contribution in [1.29, 1.82) is 0 Å². The van der Waals surface area contributed by atoms with Crippen LogP contribution in [0.5, 0.6) is 0 Å². The van der Waals surface area contributed by atoms with Gasteiger partial charge in [0, 0.05) is 44.2 Å². The minimum absolute atomic E-state index is 0.327. The molecule has 5 rings (SSSR count). The molecule has 1 aromatic heterocycles. The van der Waals surface area contributed by atoms with Crippen molar-refractivity contribution < 1.29 is 12.8 Å². The van der Waals surface area contributed by atoms with Crippen molar-refractivity contribution in [2.45, 2.75) is 38.1 Å². The van der Waals surface area contributed by atoms with E-state index in [0.29, 0.717) is 49.1 Å². The number of hydrogen-bond donors (Lipinski definition) is 0. The zero-order valence-electron chi connectivity index (χ0n) is 20.3. The fourth-order valence-electron chi connectivity index (χ4n) is 4.99. The number of benzene rings is 3. The Labute approximate surface area is 205 Å². The quantitative estimate of drug-likeness (QED) is 0.373. The van der Waals surface area contributed by atoms with Crippen LogP contribution in [0, 0.1) is 6.92 Å².